The molecule has 4 rings (SSSR count). The van der Waals surface area contributed by atoms with Crippen LogP contribution < -0.4 is 5.32 Å². The summed E-state index contributed by atoms with van der Waals surface area (Å²) in [4.78, 5) is 26.8. The van der Waals surface area contributed by atoms with Gasteiger partial charge < -0.3 is 10.2 Å². The molecule has 146 valence electrons. The fourth-order valence-electron chi connectivity index (χ4n) is 3.84. The molecule has 2 fully saturated rings. The number of piperazine rings is 1. The Kier molecular flexibility index (Phi) is 5.11. The predicted octanol–water partition coefficient (Wildman–Crippen LogP) is 3.30. The van der Waals surface area contributed by atoms with Gasteiger partial charge in [0.25, 0.3) is 0 Å². The third-order valence-corrected chi connectivity index (χ3v) is 5.71. The Labute approximate surface area is 162 Å². The summed E-state index contributed by atoms with van der Waals surface area (Å²) in [6.45, 7) is 1.00. The summed E-state index contributed by atoms with van der Waals surface area (Å²) in [5.41, 5.74) is 1.63. The molecule has 0 radical (unpaired) electrons. The highest BCUT2D eigenvalue weighted by atomic mass is 19.2. The average molecular weight is 384 g/mol. The van der Waals surface area contributed by atoms with Crippen molar-refractivity contribution in [2.24, 2.45) is 5.92 Å². The van der Waals surface area contributed by atoms with Crippen LogP contribution >= 0.6 is 0 Å². The van der Waals surface area contributed by atoms with Crippen molar-refractivity contribution in [3.8, 4) is 11.1 Å². The number of carbonyl (C=O) groups excluding carboxylic acids is 2. The second kappa shape index (κ2) is 7.70. The number of amides is 2. The van der Waals surface area contributed by atoms with E-state index >= 15 is 0 Å². The van der Waals surface area contributed by atoms with Crippen molar-refractivity contribution in [3.05, 3.63) is 59.7 Å². The van der Waals surface area contributed by atoms with E-state index in [-0.39, 0.29) is 23.3 Å². The summed E-state index contributed by atoms with van der Waals surface area (Å²) in [7, 11) is 0. The summed E-state index contributed by atoms with van der Waals surface area (Å²) < 4.78 is 27.5. The van der Waals surface area contributed by atoms with Crippen LogP contribution in [0.2, 0.25) is 0 Å². The maximum Gasteiger partial charge on any atom is 0.243 e. The molecule has 1 atom stereocenters. The summed E-state index contributed by atoms with van der Waals surface area (Å²) in [6.07, 6.45) is 3.27. The van der Waals surface area contributed by atoms with Crippen molar-refractivity contribution in [1.82, 2.24) is 10.2 Å². The minimum absolute atomic E-state index is 0.0479. The van der Waals surface area contributed by atoms with Gasteiger partial charge in [-0.2, -0.15) is 0 Å². The zero-order chi connectivity index (χ0) is 19.7. The zero-order valence-corrected chi connectivity index (χ0v) is 15.5. The molecule has 1 aliphatic heterocycles. The van der Waals surface area contributed by atoms with Crippen LogP contribution in [0.25, 0.3) is 11.1 Å². The van der Waals surface area contributed by atoms with Crippen LogP contribution in [0.1, 0.15) is 24.8 Å². The minimum atomic E-state index is -0.884. The van der Waals surface area contributed by atoms with E-state index in [1.54, 1.807) is 29.2 Å². The SMILES string of the molecule is O=C1NCCN(C(=O)C2CCC2)C1Cc1ccc(-c2cccc(F)c2F)cc1. The molecule has 1 N–H and O–H groups in total. The molecule has 1 saturated heterocycles. The molecule has 1 aliphatic carbocycles. The fourth-order valence-corrected chi connectivity index (χ4v) is 3.84. The van der Waals surface area contributed by atoms with Gasteiger partial charge in [0.05, 0.1) is 0 Å². The molecular formula is C22H22F2N2O2. The number of benzene rings is 2. The first-order valence-electron chi connectivity index (χ1n) is 9.66. The molecule has 28 heavy (non-hydrogen) atoms. The Balaban J connectivity index is 1.52. The van der Waals surface area contributed by atoms with E-state index in [1.807, 2.05) is 0 Å². The standard InChI is InChI=1S/C22H22F2N2O2/c23-18-6-2-5-17(20(18)24)15-9-7-14(8-10-15)13-19-21(27)25-11-12-26(19)22(28)16-3-1-4-16/h2,5-10,16,19H,1,3-4,11-13H2,(H,25,27). The lowest BCUT2D eigenvalue weighted by Crippen LogP contribution is -2.59. The normalized spacial score (nSPS) is 19.9. The number of hydrogen-bond donors (Lipinski definition) is 1. The van der Waals surface area contributed by atoms with E-state index in [2.05, 4.69) is 5.32 Å². The maximum absolute atomic E-state index is 14.0. The lowest BCUT2D eigenvalue weighted by atomic mass is 9.83. The van der Waals surface area contributed by atoms with E-state index in [0.29, 0.717) is 25.1 Å². The molecule has 0 bridgehead atoms. The summed E-state index contributed by atoms with van der Waals surface area (Å²) >= 11 is 0. The Bertz CT molecular complexity index is 894. The molecule has 1 heterocycles. The smallest absolute Gasteiger partial charge is 0.243 e. The Morgan fingerprint density at radius 1 is 1.11 bits per heavy atom. The highest BCUT2D eigenvalue weighted by molar-refractivity contribution is 5.90. The van der Waals surface area contributed by atoms with Gasteiger partial charge in [0.15, 0.2) is 11.6 Å². The van der Waals surface area contributed by atoms with Gasteiger partial charge in [-0.3, -0.25) is 9.59 Å². The van der Waals surface area contributed by atoms with E-state index in [0.717, 1.165) is 30.9 Å². The zero-order valence-electron chi connectivity index (χ0n) is 15.5. The van der Waals surface area contributed by atoms with Crippen LogP contribution in [0.5, 0.6) is 0 Å². The second-order valence-electron chi connectivity index (χ2n) is 7.47. The van der Waals surface area contributed by atoms with Crippen LogP contribution in [-0.4, -0.2) is 35.8 Å². The molecule has 1 saturated carbocycles. The van der Waals surface area contributed by atoms with E-state index < -0.39 is 17.7 Å². The van der Waals surface area contributed by atoms with Crippen molar-refractivity contribution in [1.29, 1.82) is 0 Å². The Morgan fingerprint density at radius 3 is 2.54 bits per heavy atom. The molecule has 1 unspecified atom stereocenters. The van der Waals surface area contributed by atoms with Crippen LogP contribution in [-0.2, 0) is 16.0 Å². The minimum Gasteiger partial charge on any atom is -0.353 e. The third kappa shape index (κ3) is 3.51. The predicted molar refractivity (Wildman–Crippen MR) is 101 cm³/mol. The first-order chi connectivity index (χ1) is 13.5. The summed E-state index contributed by atoms with van der Waals surface area (Å²) in [5.74, 6) is -1.78. The highest BCUT2D eigenvalue weighted by Gasteiger charge is 2.37. The number of halogens is 2. The van der Waals surface area contributed by atoms with Gasteiger partial charge in [-0.1, -0.05) is 42.8 Å². The van der Waals surface area contributed by atoms with Gasteiger partial charge in [0, 0.05) is 31.0 Å². The molecule has 2 aromatic carbocycles. The molecule has 2 amide bonds. The van der Waals surface area contributed by atoms with E-state index in [4.69, 9.17) is 0 Å². The number of rotatable bonds is 4. The van der Waals surface area contributed by atoms with Gasteiger partial charge in [0.1, 0.15) is 6.04 Å². The van der Waals surface area contributed by atoms with Crippen molar-refractivity contribution in [3.63, 3.8) is 0 Å². The maximum atomic E-state index is 14.0. The van der Waals surface area contributed by atoms with E-state index in [1.165, 1.54) is 12.1 Å². The van der Waals surface area contributed by atoms with Crippen LogP contribution in [0.4, 0.5) is 8.78 Å². The molecular weight excluding hydrogens is 362 g/mol. The fraction of sp³-hybridized carbons (Fsp3) is 0.364. The summed E-state index contributed by atoms with van der Waals surface area (Å²) in [5, 5.41) is 2.84. The quantitative estimate of drug-likeness (QED) is 0.879. The number of hydrogen-bond acceptors (Lipinski definition) is 2. The Morgan fingerprint density at radius 2 is 1.86 bits per heavy atom. The first-order valence-corrected chi connectivity index (χ1v) is 9.66. The van der Waals surface area contributed by atoms with Crippen LogP contribution in [0.3, 0.4) is 0 Å². The number of nitrogens with one attached hydrogen (secondary N) is 1. The van der Waals surface area contributed by atoms with Crippen molar-refractivity contribution >= 4 is 11.8 Å². The van der Waals surface area contributed by atoms with Crippen molar-refractivity contribution in [2.75, 3.05) is 13.1 Å². The molecule has 2 aromatic rings. The molecule has 0 spiro atoms. The topological polar surface area (TPSA) is 49.4 Å². The average Bonchev–Trinajstić information content (AvgIpc) is 2.65. The van der Waals surface area contributed by atoms with Gasteiger partial charge in [-0.05, 0) is 30.0 Å². The Hall–Kier alpha value is -2.76. The lowest BCUT2D eigenvalue weighted by Gasteiger charge is -2.39. The van der Waals surface area contributed by atoms with Gasteiger partial charge in [0.2, 0.25) is 11.8 Å². The molecule has 4 nitrogen and oxygen atoms in total. The van der Waals surface area contributed by atoms with Crippen molar-refractivity contribution < 1.29 is 18.4 Å². The largest absolute Gasteiger partial charge is 0.353 e. The molecule has 2 aliphatic rings. The number of nitrogens with zero attached hydrogens (tertiary/aromatic N) is 1. The van der Waals surface area contributed by atoms with Gasteiger partial charge in [-0.25, -0.2) is 8.78 Å². The van der Waals surface area contributed by atoms with E-state index in [9.17, 15) is 18.4 Å². The van der Waals surface area contributed by atoms with Crippen molar-refractivity contribution in [2.45, 2.75) is 31.7 Å². The lowest BCUT2D eigenvalue weighted by molar-refractivity contribution is -0.148. The van der Waals surface area contributed by atoms with Crippen LogP contribution in [0.15, 0.2) is 42.5 Å². The third-order valence-electron chi connectivity index (χ3n) is 5.71. The van der Waals surface area contributed by atoms with Gasteiger partial charge >= 0.3 is 0 Å². The second-order valence-corrected chi connectivity index (χ2v) is 7.47. The van der Waals surface area contributed by atoms with Crippen LogP contribution in [0, 0.1) is 17.6 Å². The number of carbonyl (C=O) groups is 2. The molecule has 6 heteroatoms. The highest BCUT2D eigenvalue weighted by Crippen LogP contribution is 2.30. The van der Waals surface area contributed by atoms with Gasteiger partial charge in [-0.15, -0.1) is 0 Å². The monoisotopic (exact) mass is 384 g/mol. The first kappa shape index (κ1) is 18.6. The summed E-state index contributed by atoms with van der Waals surface area (Å²) in [6, 6.07) is 10.6. The molecule has 0 aromatic heterocycles.